The van der Waals surface area contributed by atoms with Crippen molar-refractivity contribution in [3.8, 4) is 41.2 Å². The second kappa shape index (κ2) is 45.5. The summed E-state index contributed by atoms with van der Waals surface area (Å²) >= 11 is 12.8. The van der Waals surface area contributed by atoms with E-state index in [0.29, 0.717) is 109 Å². The number of phenols is 1. The molecule has 5 N–H and O–H groups in total. The number of nitrogens with one attached hydrogen (secondary N) is 4. The number of aryl methyl sites for hydroxylation is 6. The van der Waals surface area contributed by atoms with E-state index in [2.05, 4.69) is 98.4 Å². The van der Waals surface area contributed by atoms with Crippen LogP contribution in [0.5, 0.6) is 23.0 Å². The number of rotatable bonds is 14. The van der Waals surface area contributed by atoms with Crippen molar-refractivity contribution in [1.82, 2.24) is 41.7 Å². The molecular formula is C98H120BBr4N11O15. The van der Waals surface area contributed by atoms with E-state index in [1.807, 2.05) is 202 Å². The van der Waals surface area contributed by atoms with Crippen LogP contribution in [0.25, 0.3) is 0 Å². The molecule has 0 spiro atoms. The molecular weight excluding hydrogens is 1900 g/mol. The fraction of sp³-hybridized carbons (Fsp3) is 0.408. The highest BCUT2D eigenvalue weighted by Gasteiger charge is 2.53. The molecule has 31 heteroatoms. The second-order valence-corrected chi connectivity index (χ2v) is 39.7. The number of hydrogen-bond donors (Lipinski definition) is 5. The van der Waals surface area contributed by atoms with E-state index >= 15 is 0 Å². The molecule has 0 aromatic heterocycles. The third-order valence-corrected chi connectivity index (χ3v) is 22.5. The number of phenolic OH excluding ortho intramolecular Hbond substituents is 1. The van der Waals surface area contributed by atoms with E-state index in [-0.39, 0.29) is 54.3 Å². The highest BCUT2D eigenvalue weighted by atomic mass is 79.9. The summed E-state index contributed by atoms with van der Waals surface area (Å²) < 4.78 is 30.6. The minimum atomic E-state index is -0.735. The number of carbonyl (C=O) groups excluding carboxylic acids is 9. The monoisotopic (exact) mass is 2020 g/mol. The number of nitriles is 3. The highest BCUT2D eigenvalue weighted by molar-refractivity contribution is 9.11. The summed E-state index contributed by atoms with van der Waals surface area (Å²) in [6, 6.07) is 35.7. The van der Waals surface area contributed by atoms with Crippen molar-refractivity contribution < 1.29 is 71.8 Å². The molecule has 1 heterocycles. The van der Waals surface area contributed by atoms with Gasteiger partial charge in [0, 0.05) is 79.2 Å². The number of hydrazine groups is 4. The van der Waals surface area contributed by atoms with Gasteiger partial charge in [-0.15, -0.1) is 0 Å². The molecule has 0 bridgehead atoms. The molecule has 2 aliphatic rings. The van der Waals surface area contributed by atoms with Crippen LogP contribution in [-0.4, -0.2) is 137 Å². The molecule has 1 aliphatic carbocycles. The van der Waals surface area contributed by atoms with E-state index in [1.165, 1.54) is 27.0 Å². The van der Waals surface area contributed by atoms with Gasteiger partial charge in [0.1, 0.15) is 35.1 Å². The lowest BCUT2D eigenvalue weighted by atomic mass is 9.76. The number of allylic oxidation sites excluding steroid dienone is 3. The van der Waals surface area contributed by atoms with Crippen LogP contribution >= 0.6 is 63.7 Å². The van der Waals surface area contributed by atoms with E-state index in [4.69, 9.17) is 34.0 Å². The molecule has 1 saturated heterocycles. The van der Waals surface area contributed by atoms with Crippen molar-refractivity contribution in [2.24, 2.45) is 5.92 Å². The Bertz CT molecular complexity index is 5540. The average molecular weight is 2020 g/mol. The molecule has 9 rings (SSSR count). The standard InChI is InChI=1S/C29H38BN3O5.C23H26BrN3O3.C23H27BrN2O4.C21H27BrN2O3.C2H2BrN/c1-18-15-19(2)17-21(16-18)26(35)33(27(4,5)6)32-25(34)22-11-12-23(24(20(22)3)36-14-13-31)30-37-28(7,8)29(9,10)38-30;1-14-11-15(2)13-17(12-14)22(29)27(23(4,5)6)26-21(28)18-7-8-19(24)20(16(18)3)30-10-9-25;1-13-10-14(2)12-17(11-13)22(29)26(23(5,6)7)25-21(28)18-8-9-19(24)20(15(18)3)30-16(4)27;1-12-9-13(2)11-15(10-12)20(27)24(21(4,5)6)23-19(26)16-7-8-17(22)18(25)14(16)3;3-1-2-4/h11-12,15-17H,14H2,1-10H3,(H,32,34);7-8,11-13H,10H2,1-6H3,(H,26,28);8-12H,1-7H3,(H,25,28);7-10,13,25H,11H2,1-6H3,(H,23,26);1H2. The second-order valence-electron chi connectivity index (χ2n) is 36.6. The number of alkyl halides is 1. The maximum atomic E-state index is 13.6. The summed E-state index contributed by atoms with van der Waals surface area (Å²) in [5, 5.41) is 41.5. The van der Waals surface area contributed by atoms with Gasteiger partial charge in [-0.2, -0.15) is 15.8 Å². The molecule has 7 aromatic carbocycles. The fourth-order valence-corrected chi connectivity index (χ4v) is 15.1. The van der Waals surface area contributed by atoms with Gasteiger partial charge in [-0.05, 0) is 326 Å². The maximum Gasteiger partial charge on any atom is 0.498 e. The van der Waals surface area contributed by atoms with Crippen LogP contribution in [-0.2, 0) is 18.9 Å². The predicted molar refractivity (Wildman–Crippen MR) is 516 cm³/mol. The molecule has 1 aliphatic heterocycles. The van der Waals surface area contributed by atoms with Crippen molar-refractivity contribution in [3.05, 3.63) is 234 Å². The average Bonchev–Trinajstić information content (AvgIpc) is 1.61. The smallest absolute Gasteiger partial charge is 0.498 e. The summed E-state index contributed by atoms with van der Waals surface area (Å²) in [7, 11) is -0.735. The van der Waals surface area contributed by atoms with E-state index in [9.17, 15) is 53.5 Å². The van der Waals surface area contributed by atoms with Crippen molar-refractivity contribution in [3.63, 3.8) is 0 Å². The van der Waals surface area contributed by atoms with Gasteiger partial charge >= 0.3 is 13.1 Å². The van der Waals surface area contributed by atoms with Crippen molar-refractivity contribution in [2.75, 3.05) is 18.5 Å². The van der Waals surface area contributed by atoms with E-state index in [1.54, 1.807) is 113 Å². The highest BCUT2D eigenvalue weighted by Crippen LogP contribution is 2.40. The number of benzene rings is 7. The Balaban J connectivity index is 0.000000302. The maximum absolute atomic E-state index is 13.6. The van der Waals surface area contributed by atoms with E-state index in [0.717, 1.165) is 39.0 Å². The number of aromatic hydroxyl groups is 1. The Morgan fingerprint density at radius 3 is 1.07 bits per heavy atom. The summed E-state index contributed by atoms with van der Waals surface area (Å²) in [6.45, 7) is 53.4. The number of amides is 8. The largest absolute Gasteiger partial charge is 0.506 e. The fourth-order valence-electron chi connectivity index (χ4n) is 13.6. The lowest BCUT2D eigenvalue weighted by molar-refractivity contribution is -0.135. The molecule has 0 radical (unpaired) electrons. The Morgan fingerprint density at radius 2 is 0.752 bits per heavy atom. The first kappa shape index (κ1) is 109. The predicted octanol–water partition coefficient (Wildman–Crippen LogP) is 19.7. The minimum absolute atomic E-state index is 0.0147. The molecule has 7 aromatic rings. The zero-order valence-corrected chi connectivity index (χ0v) is 85.6. The molecule has 688 valence electrons. The van der Waals surface area contributed by atoms with Crippen LogP contribution in [0.15, 0.2) is 140 Å². The molecule has 8 amide bonds. The van der Waals surface area contributed by atoms with E-state index < -0.39 is 70.1 Å². The normalized spacial score (nSPS) is 13.6. The quantitative estimate of drug-likeness (QED) is 0.0222. The number of esters is 1. The first-order valence-corrected chi connectivity index (χ1v) is 45.0. The Kier molecular flexibility index (Phi) is 38.3. The molecule has 1 fully saturated rings. The Hall–Kier alpha value is -11.0. The third-order valence-electron chi connectivity index (χ3n) is 20.4. The van der Waals surface area contributed by atoms with Crippen LogP contribution in [0.3, 0.4) is 0 Å². The first-order valence-electron chi connectivity index (χ1n) is 41.5. The van der Waals surface area contributed by atoms with Crippen LogP contribution in [0.1, 0.15) is 266 Å². The molecule has 1 unspecified atom stereocenters. The van der Waals surface area contributed by atoms with Gasteiger partial charge in [0.2, 0.25) is 0 Å². The summed E-state index contributed by atoms with van der Waals surface area (Å²) in [6.07, 6.45) is 4.64. The van der Waals surface area contributed by atoms with Gasteiger partial charge in [-0.25, -0.2) is 20.0 Å². The molecule has 129 heavy (non-hydrogen) atoms. The van der Waals surface area contributed by atoms with Crippen LogP contribution < -0.4 is 41.4 Å². The summed E-state index contributed by atoms with van der Waals surface area (Å²) in [5.41, 5.74) is 20.2. The zero-order chi connectivity index (χ0) is 98.0. The van der Waals surface area contributed by atoms with Crippen molar-refractivity contribution >= 4 is 130 Å². The number of halogens is 4. The van der Waals surface area contributed by atoms with Gasteiger partial charge in [0.15, 0.2) is 13.2 Å². The van der Waals surface area contributed by atoms with Crippen molar-refractivity contribution in [1.29, 1.82) is 15.8 Å². The van der Waals surface area contributed by atoms with Crippen molar-refractivity contribution in [2.45, 2.75) is 241 Å². The lowest BCUT2D eigenvalue weighted by Crippen LogP contribution is -2.56. The third kappa shape index (κ3) is 29.5. The van der Waals surface area contributed by atoms with Gasteiger partial charge in [-0.1, -0.05) is 98.2 Å². The SMILES string of the molecule is CC(=O)Oc1c(Br)ccc(C(=O)NN(C(=O)c2cc(C)cc(C)c2)C(C)(C)C)c1C.CC1=CC(C)CC(C(=O)N(NC(=O)c2ccc(Br)c(O)c2C)C(C)(C)C)=C1.Cc1cc(C)cc(C(=O)N(NC(=O)c2ccc(B3OC(C)(C)C(C)(C)O3)c(OCC#N)c2C)C(C)(C)C)c1.Cc1cc(C)cc(C(=O)N(NC(=O)c2ccc(Br)c(OCC#N)c2C)C(C)(C)C)c1.N#CCBr. The molecule has 1 atom stereocenters. The van der Waals surface area contributed by atoms with Gasteiger partial charge in [0.25, 0.3) is 47.3 Å². The van der Waals surface area contributed by atoms with Crippen LogP contribution in [0, 0.1) is 109 Å². The van der Waals surface area contributed by atoms with Gasteiger partial charge in [-0.3, -0.25) is 64.9 Å². The van der Waals surface area contributed by atoms with Crippen LogP contribution in [0.2, 0.25) is 0 Å². The molecule has 0 saturated carbocycles. The first-order chi connectivity index (χ1) is 59.6. The zero-order valence-electron chi connectivity index (χ0n) is 79.3. The number of carbonyl (C=O) groups is 9. The Morgan fingerprint density at radius 1 is 0.457 bits per heavy atom. The van der Waals surface area contributed by atoms with Gasteiger partial charge < -0.3 is 28.6 Å². The topological polar surface area (TPSA) is 352 Å². The van der Waals surface area contributed by atoms with Gasteiger partial charge in [0.05, 0.1) is 58.2 Å². The Labute approximate surface area is 793 Å². The lowest BCUT2D eigenvalue weighted by Gasteiger charge is -2.37. The van der Waals surface area contributed by atoms with Crippen LogP contribution in [0.4, 0.5) is 0 Å². The number of nitrogens with zero attached hydrogens (tertiary/aromatic N) is 7. The number of ether oxygens (including phenoxy) is 3. The number of hydrogen-bond acceptors (Lipinski definition) is 18. The summed E-state index contributed by atoms with van der Waals surface area (Å²) in [4.78, 5) is 117. The minimum Gasteiger partial charge on any atom is -0.506 e. The summed E-state index contributed by atoms with van der Waals surface area (Å²) in [5.74, 6) is -2.10. The molecule has 26 nitrogen and oxygen atoms in total.